The first kappa shape index (κ1) is 43.0. The van der Waals surface area contributed by atoms with E-state index in [0.717, 1.165) is 93.8 Å². The number of pyridine rings is 1. The molecule has 0 saturated carbocycles. The number of piperazine rings is 1. The van der Waals surface area contributed by atoms with Crippen LogP contribution in [0.1, 0.15) is 60.2 Å². The van der Waals surface area contributed by atoms with Crippen LogP contribution in [0.3, 0.4) is 0 Å². The van der Waals surface area contributed by atoms with Crippen molar-refractivity contribution in [2.45, 2.75) is 50.8 Å². The maximum atomic E-state index is 14.1. The minimum absolute atomic E-state index is 0.0155. The van der Waals surface area contributed by atoms with E-state index in [1.54, 1.807) is 30.5 Å². The summed E-state index contributed by atoms with van der Waals surface area (Å²) in [5.74, 6) is -0.318. The first-order valence-corrected chi connectivity index (χ1v) is 23.5. The van der Waals surface area contributed by atoms with Gasteiger partial charge in [0.2, 0.25) is 0 Å². The van der Waals surface area contributed by atoms with E-state index in [2.05, 4.69) is 55.4 Å². The lowest BCUT2D eigenvalue weighted by atomic mass is 9.72. The highest BCUT2D eigenvalue weighted by Crippen LogP contribution is 2.44. The third-order valence-electron chi connectivity index (χ3n) is 13.0. The summed E-state index contributed by atoms with van der Waals surface area (Å²) in [5, 5.41) is 13.8. The maximum Gasteiger partial charge on any atom is 0.274 e. The number of carbonyl (C=O) groups is 1. The first-order valence-electron chi connectivity index (χ1n) is 21.6. The normalized spacial score (nSPS) is 19.6. The lowest BCUT2D eigenvalue weighted by Gasteiger charge is -2.39. The van der Waals surface area contributed by atoms with Gasteiger partial charge in [-0.15, -0.1) is 0 Å². The van der Waals surface area contributed by atoms with Crippen LogP contribution in [0.15, 0.2) is 89.6 Å². The Kier molecular flexibility index (Phi) is 12.1. The van der Waals surface area contributed by atoms with Crippen LogP contribution in [0, 0.1) is 21.4 Å². The largest absolute Gasteiger partial charge is 0.455 e. The second-order valence-electron chi connectivity index (χ2n) is 18.0. The van der Waals surface area contributed by atoms with E-state index in [-0.39, 0.29) is 33.2 Å². The van der Waals surface area contributed by atoms with Crippen LogP contribution in [0.4, 0.5) is 11.4 Å². The van der Waals surface area contributed by atoms with Gasteiger partial charge in [-0.2, -0.15) is 0 Å². The number of allylic oxidation sites excluding steroid dienone is 1. The Balaban J connectivity index is 0.941. The molecule has 4 aliphatic rings. The van der Waals surface area contributed by atoms with Gasteiger partial charge in [-0.3, -0.25) is 24.7 Å². The Hall–Kier alpha value is -5.32. The molecule has 2 aromatic heterocycles. The van der Waals surface area contributed by atoms with Crippen molar-refractivity contribution in [1.82, 2.24) is 24.5 Å². The van der Waals surface area contributed by atoms with Crippen molar-refractivity contribution in [3.63, 3.8) is 0 Å². The van der Waals surface area contributed by atoms with Gasteiger partial charge in [0.05, 0.1) is 34.8 Å². The second-order valence-corrected chi connectivity index (χ2v) is 20.1. The molecule has 5 aromatic rings. The standard InChI is InChI=1S/C47H52ClN7O7S/c1-47(2)11-9-34(42(27-47)32-3-5-36(48)6-4-32)30-52-13-15-54(16-14-52)37-7-8-40(44(25-37)62-38-23-33-10-12-49-45(33)50-28-38)46(56)51-63(59,60)39-24-35-21-31(29-53-17-19-61-20-18-53)22-41(35)43(26-39)55(57)58/h3-8,10,12,23-26,28,31H,9,11,13-22,27,29-30H2,1-2H3,(H,49,50)(H,51,56)/t31-/m0/s1. The van der Waals surface area contributed by atoms with Gasteiger partial charge in [-0.25, -0.2) is 18.1 Å². The van der Waals surface area contributed by atoms with Crippen LogP contribution in [-0.2, 0) is 27.6 Å². The van der Waals surface area contributed by atoms with E-state index in [1.807, 2.05) is 18.2 Å². The highest BCUT2D eigenvalue weighted by molar-refractivity contribution is 7.90. The van der Waals surface area contributed by atoms with E-state index >= 15 is 0 Å². The van der Waals surface area contributed by atoms with Crippen LogP contribution in [0.25, 0.3) is 16.6 Å². The maximum absolute atomic E-state index is 14.1. The smallest absolute Gasteiger partial charge is 0.274 e. The van der Waals surface area contributed by atoms with E-state index in [1.165, 1.54) is 29.0 Å². The molecule has 2 aliphatic carbocycles. The zero-order chi connectivity index (χ0) is 43.9. The number of ether oxygens (including phenoxy) is 2. The van der Waals surface area contributed by atoms with Gasteiger partial charge < -0.3 is 19.4 Å². The summed E-state index contributed by atoms with van der Waals surface area (Å²) in [7, 11) is -4.55. The molecular formula is C47H52ClN7O7S. The number of carbonyl (C=O) groups excluding carboxylic acids is 1. The van der Waals surface area contributed by atoms with Gasteiger partial charge in [0, 0.05) is 92.3 Å². The Bertz CT molecular complexity index is 2690. The van der Waals surface area contributed by atoms with Crippen molar-refractivity contribution in [1.29, 1.82) is 0 Å². The third-order valence-corrected chi connectivity index (χ3v) is 14.6. The Morgan fingerprint density at radius 1 is 1.00 bits per heavy atom. The molecule has 9 rings (SSSR count). The number of halogens is 1. The molecule has 1 amide bonds. The Morgan fingerprint density at radius 3 is 2.54 bits per heavy atom. The number of nitrogens with one attached hydrogen (secondary N) is 2. The minimum Gasteiger partial charge on any atom is -0.455 e. The van der Waals surface area contributed by atoms with Gasteiger partial charge in [0.15, 0.2) is 0 Å². The number of rotatable bonds is 12. The number of fused-ring (bicyclic) bond motifs is 2. The molecule has 0 unspecified atom stereocenters. The number of nitrogens with zero attached hydrogens (tertiary/aromatic N) is 5. The number of anilines is 1. The van der Waals surface area contributed by atoms with E-state index in [4.69, 9.17) is 21.1 Å². The van der Waals surface area contributed by atoms with Gasteiger partial charge >= 0.3 is 0 Å². The monoisotopic (exact) mass is 893 g/mol. The number of aromatic nitrogens is 2. The van der Waals surface area contributed by atoms with E-state index < -0.39 is 20.9 Å². The number of benzene rings is 3. The zero-order valence-electron chi connectivity index (χ0n) is 35.6. The van der Waals surface area contributed by atoms with Crippen molar-refractivity contribution in [2.24, 2.45) is 11.3 Å². The average molecular weight is 894 g/mol. The van der Waals surface area contributed by atoms with Crippen LogP contribution in [-0.4, -0.2) is 105 Å². The van der Waals surface area contributed by atoms with Gasteiger partial charge in [-0.05, 0) is 103 Å². The van der Waals surface area contributed by atoms with E-state index in [9.17, 15) is 23.3 Å². The van der Waals surface area contributed by atoms with Gasteiger partial charge in [-0.1, -0.05) is 43.2 Å². The van der Waals surface area contributed by atoms with Crippen LogP contribution in [0.2, 0.25) is 5.02 Å². The van der Waals surface area contributed by atoms with Crippen LogP contribution in [0.5, 0.6) is 11.5 Å². The number of nitro groups is 1. The third kappa shape index (κ3) is 9.63. The van der Waals surface area contributed by atoms with Crippen LogP contribution < -0.4 is 14.4 Å². The summed E-state index contributed by atoms with van der Waals surface area (Å²) in [5.41, 5.74) is 6.72. The van der Waals surface area contributed by atoms with Crippen LogP contribution >= 0.6 is 11.6 Å². The average Bonchev–Trinajstić information content (AvgIpc) is 3.91. The fourth-order valence-corrected chi connectivity index (χ4v) is 10.8. The number of hydrogen-bond acceptors (Lipinski definition) is 11. The molecule has 0 spiro atoms. The first-order chi connectivity index (χ1) is 30.3. The SMILES string of the molecule is CC1(C)CCC(CN2CCN(c3ccc(C(=O)NS(=O)(=O)c4cc5c(c([N+](=O)[O-])c4)C[C@@H](CN4CCOCC4)C5)c(Oc4cnc5[nH]ccc5c4)c3)CC2)=C(c2ccc(Cl)cc2)C1. The highest BCUT2D eigenvalue weighted by atomic mass is 35.5. The van der Waals surface area contributed by atoms with Crippen molar-refractivity contribution >= 4 is 55.5 Å². The Labute approximate surface area is 372 Å². The molecule has 3 aromatic carbocycles. The Morgan fingerprint density at radius 2 is 1.78 bits per heavy atom. The van der Waals surface area contributed by atoms with Gasteiger partial charge in [0.25, 0.3) is 21.6 Å². The molecule has 16 heteroatoms. The molecule has 2 fully saturated rings. The summed E-state index contributed by atoms with van der Waals surface area (Å²) in [6, 6.07) is 19.5. The van der Waals surface area contributed by atoms with E-state index in [0.29, 0.717) is 48.6 Å². The molecule has 330 valence electrons. The topological polar surface area (TPSA) is 163 Å². The fraction of sp³-hybridized carbons (Fsp3) is 0.404. The van der Waals surface area contributed by atoms with Crippen molar-refractivity contribution < 1.29 is 27.6 Å². The summed E-state index contributed by atoms with van der Waals surface area (Å²) < 4.78 is 41.9. The van der Waals surface area contributed by atoms with Crippen molar-refractivity contribution in [3.8, 4) is 11.5 Å². The predicted octanol–water partition coefficient (Wildman–Crippen LogP) is 7.87. The second kappa shape index (κ2) is 17.7. The minimum atomic E-state index is -4.55. The molecule has 1 atom stereocenters. The number of sulfonamides is 1. The molecule has 0 bridgehead atoms. The van der Waals surface area contributed by atoms with Crippen molar-refractivity contribution in [2.75, 3.05) is 70.5 Å². The number of nitro benzene ring substituents is 1. The molecule has 63 heavy (non-hydrogen) atoms. The molecule has 2 N–H and O–H groups in total. The molecule has 2 saturated heterocycles. The summed E-state index contributed by atoms with van der Waals surface area (Å²) in [6.07, 6.45) is 7.49. The molecule has 0 radical (unpaired) electrons. The predicted molar refractivity (Wildman–Crippen MR) is 243 cm³/mol. The summed E-state index contributed by atoms with van der Waals surface area (Å²) in [6.45, 7) is 12.3. The lowest BCUT2D eigenvalue weighted by molar-refractivity contribution is -0.385. The molecular weight excluding hydrogens is 842 g/mol. The summed E-state index contributed by atoms with van der Waals surface area (Å²) >= 11 is 6.25. The zero-order valence-corrected chi connectivity index (χ0v) is 37.1. The quantitative estimate of drug-likeness (QED) is 0.0926. The number of aromatic amines is 1. The number of amides is 1. The lowest BCUT2D eigenvalue weighted by Crippen LogP contribution is -2.47. The number of H-pyrrole nitrogens is 1. The molecule has 4 heterocycles. The van der Waals surface area contributed by atoms with Crippen molar-refractivity contribution in [3.05, 3.63) is 122 Å². The van der Waals surface area contributed by atoms with Gasteiger partial charge in [0.1, 0.15) is 17.1 Å². The molecule has 2 aliphatic heterocycles. The number of hydrogen-bond donors (Lipinski definition) is 2. The highest BCUT2D eigenvalue weighted by Gasteiger charge is 2.34. The number of morpholine rings is 1. The summed E-state index contributed by atoms with van der Waals surface area (Å²) in [4.78, 5) is 40.0. The fourth-order valence-electron chi connectivity index (χ4n) is 9.59. The molecule has 14 nitrogen and oxygen atoms in total.